The van der Waals surface area contributed by atoms with Crippen LogP contribution in [0.3, 0.4) is 0 Å². The van der Waals surface area contributed by atoms with Crippen LogP contribution in [0.4, 0.5) is 17.3 Å². The van der Waals surface area contributed by atoms with Crippen LogP contribution < -0.4 is 16.4 Å². The number of anilines is 3. The average molecular weight is 600 g/mol. The molecule has 41 heavy (non-hydrogen) atoms. The monoisotopic (exact) mass is 599 g/mol. The zero-order valence-electron chi connectivity index (χ0n) is 24.5. The second kappa shape index (κ2) is 12.6. The number of thioether (sulfide) groups is 1. The first-order chi connectivity index (χ1) is 19.5. The van der Waals surface area contributed by atoms with Gasteiger partial charge in [0, 0.05) is 5.75 Å². The molecule has 0 spiro atoms. The van der Waals surface area contributed by atoms with Gasteiger partial charge in [-0.1, -0.05) is 18.7 Å². The minimum Gasteiger partial charge on any atom is -0.394 e. The van der Waals surface area contributed by atoms with Crippen LogP contribution in [0.25, 0.3) is 0 Å². The van der Waals surface area contributed by atoms with E-state index >= 15 is 0 Å². The SMILES string of the molecule is CCCSc1nc(NC2CC(OCCO)C3OC(C)(C)OC23)c(N)c(NC2CC(OCCO)C3OC(C)(C)OC23)n1. The van der Waals surface area contributed by atoms with E-state index in [1.165, 1.54) is 0 Å². The second-order valence-electron chi connectivity index (χ2n) is 11.8. The summed E-state index contributed by atoms with van der Waals surface area (Å²) in [7, 11) is 0. The summed E-state index contributed by atoms with van der Waals surface area (Å²) in [6.07, 6.45) is 0.574. The highest BCUT2D eigenvalue weighted by atomic mass is 32.2. The fourth-order valence-electron chi connectivity index (χ4n) is 6.16. The number of nitrogens with one attached hydrogen (secondary N) is 2. The Morgan fingerprint density at radius 2 is 1.27 bits per heavy atom. The van der Waals surface area contributed by atoms with Gasteiger partial charge in [0.05, 0.1) is 50.7 Å². The maximum Gasteiger partial charge on any atom is 0.191 e. The molecule has 5 rings (SSSR count). The summed E-state index contributed by atoms with van der Waals surface area (Å²) in [6.45, 7) is 9.96. The number of nitrogens with two attached hydrogens (primary N) is 1. The van der Waals surface area contributed by atoms with Crippen LogP contribution in [0.2, 0.25) is 0 Å². The lowest BCUT2D eigenvalue weighted by Gasteiger charge is -2.26. The summed E-state index contributed by atoms with van der Waals surface area (Å²) in [5, 5.41) is 26.3. The first-order valence-corrected chi connectivity index (χ1v) is 15.5. The Morgan fingerprint density at radius 1 is 0.829 bits per heavy atom. The topological polar surface area (TPSA) is 172 Å². The molecule has 1 aromatic rings. The summed E-state index contributed by atoms with van der Waals surface area (Å²) in [5.74, 6) is 0.357. The molecule has 2 aliphatic heterocycles. The number of aliphatic hydroxyl groups is 2. The van der Waals surface area contributed by atoms with Crippen molar-refractivity contribution in [3.8, 4) is 0 Å². The molecule has 4 fully saturated rings. The lowest BCUT2D eigenvalue weighted by atomic mass is 10.2. The van der Waals surface area contributed by atoms with E-state index in [1.807, 2.05) is 27.7 Å². The molecular formula is C27H45N5O8S. The van der Waals surface area contributed by atoms with Gasteiger partial charge < -0.3 is 55.0 Å². The van der Waals surface area contributed by atoms with Crippen LogP contribution >= 0.6 is 11.8 Å². The largest absolute Gasteiger partial charge is 0.394 e. The highest BCUT2D eigenvalue weighted by molar-refractivity contribution is 7.99. The van der Waals surface area contributed by atoms with Gasteiger partial charge in [-0.2, -0.15) is 0 Å². The molecule has 13 nitrogen and oxygen atoms in total. The maximum atomic E-state index is 9.31. The Bertz CT molecular complexity index is 978. The highest BCUT2D eigenvalue weighted by Gasteiger charge is 2.56. The van der Waals surface area contributed by atoms with Gasteiger partial charge in [-0.3, -0.25) is 0 Å². The lowest BCUT2D eigenvalue weighted by Crippen LogP contribution is -2.36. The third-order valence-corrected chi connectivity index (χ3v) is 8.73. The van der Waals surface area contributed by atoms with Crippen molar-refractivity contribution in [2.24, 2.45) is 0 Å². The smallest absolute Gasteiger partial charge is 0.191 e. The molecule has 8 atom stereocenters. The predicted octanol–water partition coefficient (Wildman–Crippen LogP) is 1.72. The Balaban J connectivity index is 1.38. The Hall–Kier alpha value is -1.49. The molecule has 14 heteroatoms. The number of nitrogens with zero attached hydrogens (tertiary/aromatic N) is 2. The average Bonchev–Trinajstić information content (AvgIpc) is 3.60. The van der Waals surface area contributed by atoms with Gasteiger partial charge in [0.2, 0.25) is 0 Å². The lowest BCUT2D eigenvalue weighted by molar-refractivity contribution is -0.168. The van der Waals surface area contributed by atoms with Crippen molar-refractivity contribution in [2.45, 2.75) is 119 Å². The van der Waals surface area contributed by atoms with Crippen molar-refractivity contribution in [2.75, 3.05) is 48.5 Å². The predicted molar refractivity (Wildman–Crippen MR) is 153 cm³/mol. The quantitative estimate of drug-likeness (QED) is 0.164. The Morgan fingerprint density at radius 3 is 1.68 bits per heavy atom. The van der Waals surface area contributed by atoms with Crippen LogP contribution in [-0.4, -0.2) is 113 Å². The van der Waals surface area contributed by atoms with E-state index in [2.05, 4.69) is 17.6 Å². The van der Waals surface area contributed by atoms with E-state index in [0.717, 1.165) is 12.2 Å². The van der Waals surface area contributed by atoms with Gasteiger partial charge in [0.15, 0.2) is 28.4 Å². The number of ether oxygens (including phenoxy) is 6. The molecular weight excluding hydrogens is 554 g/mol. The van der Waals surface area contributed by atoms with Crippen LogP contribution in [0.1, 0.15) is 53.9 Å². The molecule has 0 radical (unpaired) electrons. The van der Waals surface area contributed by atoms with E-state index in [4.69, 9.17) is 44.1 Å². The molecule has 1 aromatic heterocycles. The first-order valence-electron chi connectivity index (χ1n) is 14.5. The van der Waals surface area contributed by atoms with E-state index in [9.17, 15) is 10.2 Å². The van der Waals surface area contributed by atoms with E-state index in [1.54, 1.807) is 11.8 Å². The van der Waals surface area contributed by atoms with Gasteiger partial charge in [0.25, 0.3) is 0 Å². The van der Waals surface area contributed by atoms with Gasteiger partial charge in [-0.15, -0.1) is 0 Å². The van der Waals surface area contributed by atoms with Crippen molar-refractivity contribution in [1.29, 1.82) is 0 Å². The Kier molecular flexibility index (Phi) is 9.53. The fraction of sp³-hybridized carbons (Fsp3) is 0.852. The van der Waals surface area contributed by atoms with Gasteiger partial charge >= 0.3 is 0 Å². The van der Waals surface area contributed by atoms with Gasteiger partial charge in [-0.05, 0) is 47.0 Å². The third-order valence-electron chi connectivity index (χ3n) is 7.68. The van der Waals surface area contributed by atoms with Gasteiger partial charge in [0.1, 0.15) is 30.1 Å². The number of hydrogen-bond acceptors (Lipinski definition) is 14. The standard InChI is InChI=1S/C27H45N5O8S/c1-6-11-41-25-31-23(29-14-12-16(35-9-7-33)21-19(14)37-26(2,3)39-21)18(28)24(32-25)30-15-13-17(36-10-8-34)22-20(15)38-27(4,5)40-22/h14-17,19-22,33-34H,6-13,28H2,1-5H3,(H2,29,30,31,32). The molecule has 3 heterocycles. The number of nitrogen functional groups attached to an aromatic ring is 1. The summed E-state index contributed by atoms with van der Waals surface area (Å²) < 4.78 is 36.7. The fourth-order valence-corrected chi connectivity index (χ4v) is 6.86. The molecule has 2 aliphatic carbocycles. The van der Waals surface area contributed by atoms with Crippen LogP contribution in [0.5, 0.6) is 0 Å². The van der Waals surface area contributed by atoms with E-state index < -0.39 is 11.6 Å². The number of aliphatic hydroxyl groups excluding tert-OH is 2. The number of hydrogen-bond donors (Lipinski definition) is 5. The minimum atomic E-state index is -0.757. The van der Waals surface area contributed by atoms with Crippen LogP contribution in [-0.2, 0) is 28.4 Å². The molecule has 8 unspecified atom stereocenters. The molecule has 2 saturated heterocycles. The molecule has 4 aliphatic rings. The van der Waals surface area contributed by atoms with Crippen molar-refractivity contribution in [1.82, 2.24) is 9.97 Å². The third kappa shape index (κ3) is 6.86. The van der Waals surface area contributed by atoms with Crippen molar-refractivity contribution in [3.05, 3.63) is 0 Å². The molecule has 2 saturated carbocycles. The van der Waals surface area contributed by atoms with Gasteiger partial charge in [-0.25, -0.2) is 9.97 Å². The molecule has 6 N–H and O–H groups in total. The normalized spacial score (nSPS) is 35.0. The number of rotatable bonds is 13. The molecule has 232 valence electrons. The van der Waals surface area contributed by atoms with Crippen LogP contribution in [0.15, 0.2) is 5.16 Å². The summed E-state index contributed by atoms with van der Waals surface area (Å²) in [6, 6.07) is -0.363. The molecule has 0 bridgehead atoms. The zero-order valence-corrected chi connectivity index (χ0v) is 25.3. The zero-order chi connectivity index (χ0) is 29.4. The van der Waals surface area contributed by atoms with Crippen molar-refractivity contribution < 1.29 is 38.6 Å². The second-order valence-corrected chi connectivity index (χ2v) is 12.9. The van der Waals surface area contributed by atoms with Crippen LogP contribution in [0, 0.1) is 0 Å². The number of fused-ring (bicyclic) bond motifs is 2. The van der Waals surface area contributed by atoms with Crippen molar-refractivity contribution >= 4 is 29.1 Å². The summed E-state index contributed by atoms with van der Waals surface area (Å²) in [5.41, 5.74) is 7.10. The minimum absolute atomic E-state index is 0.0665. The van der Waals surface area contributed by atoms with Crippen molar-refractivity contribution in [3.63, 3.8) is 0 Å². The first kappa shape index (κ1) is 31.0. The molecule has 0 amide bonds. The Labute approximate surface area is 245 Å². The summed E-state index contributed by atoms with van der Waals surface area (Å²) in [4.78, 5) is 9.56. The van der Waals surface area contributed by atoms with E-state index in [-0.39, 0.29) is 75.1 Å². The summed E-state index contributed by atoms with van der Waals surface area (Å²) >= 11 is 1.56. The van der Waals surface area contributed by atoms with E-state index in [0.29, 0.717) is 35.3 Å². The maximum absolute atomic E-state index is 9.31. The highest BCUT2D eigenvalue weighted by Crippen LogP contribution is 2.43. The number of aromatic nitrogens is 2. The molecule has 0 aromatic carbocycles.